The van der Waals surface area contributed by atoms with Gasteiger partial charge in [-0.3, -0.25) is 4.99 Å². The van der Waals surface area contributed by atoms with Crippen molar-refractivity contribution in [3.05, 3.63) is 11.0 Å². The van der Waals surface area contributed by atoms with Gasteiger partial charge >= 0.3 is 0 Å². The minimum Gasteiger partial charge on any atom is -0.276 e. The highest BCUT2D eigenvalue weighted by atomic mass is 32.2. The molecule has 0 aromatic heterocycles. The van der Waals surface area contributed by atoms with Crippen LogP contribution in [-0.4, -0.2) is 11.1 Å². The van der Waals surface area contributed by atoms with Crippen LogP contribution >= 0.6 is 11.8 Å². The third kappa shape index (κ3) is 1.86. The molecule has 0 atom stereocenters. The fraction of sp³-hybridized carbons (Fsp3) is 0.571. The Bertz CT molecular complexity index is 168. The molecule has 0 fully saturated rings. The zero-order valence-corrected chi connectivity index (χ0v) is 6.83. The Hall–Kier alpha value is -0.240. The number of allylic oxidation sites excluding steroid dienone is 1. The van der Waals surface area contributed by atoms with Crippen molar-refractivity contribution in [2.75, 3.05) is 0 Å². The highest BCUT2D eigenvalue weighted by Crippen LogP contribution is 2.24. The van der Waals surface area contributed by atoms with Gasteiger partial charge in [-0.25, -0.2) is 0 Å². The lowest BCUT2D eigenvalue weighted by Gasteiger charge is -2.18. The summed E-state index contributed by atoms with van der Waals surface area (Å²) in [7, 11) is 0. The number of thioether (sulfide) groups is 1. The molecule has 0 N–H and O–H groups in total. The van der Waals surface area contributed by atoms with E-state index in [4.69, 9.17) is 0 Å². The number of hydrogen-bond donors (Lipinski definition) is 0. The molecule has 1 nitrogen and oxygen atoms in total. The van der Waals surface area contributed by atoms with Gasteiger partial charge in [-0.05, 0) is 31.8 Å². The summed E-state index contributed by atoms with van der Waals surface area (Å²) in [5.41, 5.74) is 1.95. The highest BCUT2D eigenvalue weighted by Gasteiger charge is 2.14. The second-order valence-electron chi connectivity index (χ2n) is 2.76. The maximum Gasteiger partial charge on any atom is 0.0748 e. The minimum absolute atomic E-state index is 0.0370. The zero-order valence-electron chi connectivity index (χ0n) is 6.01. The van der Waals surface area contributed by atoms with E-state index in [0.29, 0.717) is 0 Å². The first-order chi connectivity index (χ1) is 4.10. The summed E-state index contributed by atoms with van der Waals surface area (Å²) in [6.07, 6.45) is 2.18. The average molecular weight is 141 g/mol. The van der Waals surface area contributed by atoms with Crippen LogP contribution in [0, 0.1) is 0 Å². The lowest BCUT2D eigenvalue weighted by atomic mass is 10.1. The van der Waals surface area contributed by atoms with E-state index >= 15 is 0 Å². The molecule has 0 bridgehead atoms. The van der Waals surface area contributed by atoms with Crippen LogP contribution in [0.1, 0.15) is 20.8 Å². The van der Waals surface area contributed by atoms with Crippen molar-refractivity contribution in [3.8, 4) is 0 Å². The van der Waals surface area contributed by atoms with Crippen LogP contribution in [0.3, 0.4) is 0 Å². The van der Waals surface area contributed by atoms with Crippen molar-refractivity contribution in [2.45, 2.75) is 26.3 Å². The topological polar surface area (TPSA) is 12.4 Å². The SMILES string of the molecule is CC1=CC(C)(C)N=CS1. The van der Waals surface area contributed by atoms with Crippen molar-refractivity contribution in [1.29, 1.82) is 0 Å². The monoisotopic (exact) mass is 141 g/mol. The van der Waals surface area contributed by atoms with Crippen molar-refractivity contribution in [1.82, 2.24) is 0 Å². The van der Waals surface area contributed by atoms with Crippen LogP contribution < -0.4 is 0 Å². The Kier molecular flexibility index (Phi) is 1.66. The average Bonchev–Trinajstić information content (AvgIpc) is 1.60. The molecule has 9 heavy (non-hydrogen) atoms. The van der Waals surface area contributed by atoms with Crippen LogP contribution in [0.2, 0.25) is 0 Å². The molecule has 0 spiro atoms. The Balaban J connectivity index is 2.78. The molecular formula is C7H11NS. The molecule has 0 aromatic rings. The predicted octanol–water partition coefficient (Wildman–Crippen LogP) is 2.44. The molecule has 0 saturated heterocycles. The van der Waals surface area contributed by atoms with Gasteiger partial charge in [0.1, 0.15) is 0 Å². The van der Waals surface area contributed by atoms with Crippen molar-refractivity contribution >= 4 is 17.3 Å². The van der Waals surface area contributed by atoms with Gasteiger partial charge in [0, 0.05) is 0 Å². The van der Waals surface area contributed by atoms with E-state index in [2.05, 4.69) is 31.8 Å². The molecule has 0 saturated carbocycles. The Morgan fingerprint density at radius 1 is 1.56 bits per heavy atom. The third-order valence-electron chi connectivity index (χ3n) is 1.18. The van der Waals surface area contributed by atoms with E-state index in [9.17, 15) is 0 Å². The fourth-order valence-electron chi connectivity index (χ4n) is 0.814. The normalized spacial score (nSPS) is 23.7. The van der Waals surface area contributed by atoms with Crippen molar-refractivity contribution < 1.29 is 0 Å². The first-order valence-corrected chi connectivity index (χ1v) is 3.88. The van der Waals surface area contributed by atoms with E-state index < -0.39 is 0 Å². The van der Waals surface area contributed by atoms with Gasteiger partial charge in [0.2, 0.25) is 0 Å². The lowest BCUT2D eigenvalue weighted by Crippen LogP contribution is -2.14. The van der Waals surface area contributed by atoms with E-state index in [1.165, 1.54) is 4.91 Å². The van der Waals surface area contributed by atoms with E-state index in [-0.39, 0.29) is 5.54 Å². The van der Waals surface area contributed by atoms with Crippen LogP contribution in [-0.2, 0) is 0 Å². The summed E-state index contributed by atoms with van der Waals surface area (Å²) in [5.74, 6) is 0. The fourth-order valence-corrected chi connectivity index (χ4v) is 1.66. The molecule has 0 aliphatic carbocycles. The van der Waals surface area contributed by atoms with E-state index in [0.717, 1.165) is 0 Å². The van der Waals surface area contributed by atoms with Gasteiger partial charge in [0.05, 0.1) is 11.1 Å². The van der Waals surface area contributed by atoms with E-state index in [1.54, 1.807) is 11.8 Å². The van der Waals surface area contributed by atoms with Crippen LogP contribution in [0.15, 0.2) is 16.0 Å². The molecular weight excluding hydrogens is 130 g/mol. The van der Waals surface area contributed by atoms with Gasteiger partial charge < -0.3 is 0 Å². The van der Waals surface area contributed by atoms with Crippen molar-refractivity contribution in [3.63, 3.8) is 0 Å². The zero-order chi connectivity index (χ0) is 6.91. The smallest absolute Gasteiger partial charge is 0.0748 e. The molecule has 1 aliphatic heterocycles. The standard InChI is InChI=1S/C7H11NS/c1-6-4-7(2,3)8-5-9-6/h4-5H,1-3H3. The molecule has 50 valence electrons. The Labute approximate surface area is 60.3 Å². The first-order valence-electron chi connectivity index (χ1n) is 3.00. The minimum atomic E-state index is 0.0370. The van der Waals surface area contributed by atoms with Gasteiger partial charge in [-0.1, -0.05) is 11.8 Å². The summed E-state index contributed by atoms with van der Waals surface area (Å²) in [5, 5.41) is 0. The summed E-state index contributed by atoms with van der Waals surface area (Å²) >= 11 is 1.69. The van der Waals surface area contributed by atoms with Crippen LogP contribution in [0.25, 0.3) is 0 Å². The molecule has 0 unspecified atom stereocenters. The molecule has 0 radical (unpaired) electrons. The molecule has 0 aromatic carbocycles. The van der Waals surface area contributed by atoms with Gasteiger partial charge in [-0.15, -0.1) is 0 Å². The Morgan fingerprint density at radius 3 is 2.56 bits per heavy atom. The van der Waals surface area contributed by atoms with Gasteiger partial charge in [0.15, 0.2) is 0 Å². The molecule has 1 heterocycles. The number of aliphatic imine (C=N–C) groups is 1. The molecule has 1 rings (SSSR count). The van der Waals surface area contributed by atoms with Gasteiger partial charge in [0.25, 0.3) is 0 Å². The third-order valence-corrected chi connectivity index (χ3v) is 1.88. The van der Waals surface area contributed by atoms with Crippen LogP contribution in [0.5, 0.6) is 0 Å². The number of rotatable bonds is 0. The summed E-state index contributed by atoms with van der Waals surface area (Å²) in [6.45, 7) is 6.32. The van der Waals surface area contributed by atoms with E-state index in [1.807, 2.05) is 5.55 Å². The highest BCUT2D eigenvalue weighted by molar-refractivity contribution is 8.15. The number of nitrogens with zero attached hydrogens (tertiary/aromatic N) is 1. The lowest BCUT2D eigenvalue weighted by molar-refractivity contribution is 0.659. The predicted molar refractivity (Wildman–Crippen MR) is 43.9 cm³/mol. The molecule has 1 aliphatic rings. The first kappa shape index (κ1) is 6.87. The quantitative estimate of drug-likeness (QED) is 0.504. The number of hydrogen-bond acceptors (Lipinski definition) is 2. The molecule has 2 heteroatoms. The summed E-state index contributed by atoms with van der Waals surface area (Å²) in [6, 6.07) is 0. The summed E-state index contributed by atoms with van der Waals surface area (Å²) in [4.78, 5) is 5.62. The maximum absolute atomic E-state index is 4.27. The largest absolute Gasteiger partial charge is 0.276 e. The van der Waals surface area contributed by atoms with Gasteiger partial charge in [-0.2, -0.15) is 0 Å². The second-order valence-corrected chi connectivity index (χ2v) is 3.85. The molecule has 0 amide bonds. The summed E-state index contributed by atoms with van der Waals surface area (Å²) < 4.78 is 0. The van der Waals surface area contributed by atoms with Crippen molar-refractivity contribution in [2.24, 2.45) is 4.99 Å². The maximum atomic E-state index is 4.27. The Morgan fingerprint density at radius 2 is 2.22 bits per heavy atom. The van der Waals surface area contributed by atoms with Crippen LogP contribution in [0.4, 0.5) is 0 Å². The second kappa shape index (κ2) is 2.18.